The maximum atomic E-state index is 11.1. The molecule has 0 saturated carbocycles. The number of hydrogen-bond acceptors (Lipinski definition) is 6. The van der Waals surface area contributed by atoms with E-state index in [1.165, 1.54) is 0 Å². The van der Waals surface area contributed by atoms with Crippen molar-refractivity contribution in [2.75, 3.05) is 4.43 Å². The summed E-state index contributed by atoms with van der Waals surface area (Å²) in [7, 11) is -4.59. The van der Waals surface area contributed by atoms with Crippen LogP contribution in [0.2, 0.25) is 0 Å². The summed E-state index contributed by atoms with van der Waals surface area (Å²) >= 11 is 1.99. The minimum atomic E-state index is -4.59. The van der Waals surface area contributed by atoms with Crippen LogP contribution in [-0.2, 0) is 14.9 Å². The largest absolute Gasteiger partial charge is 0.505 e. The first kappa shape index (κ1) is 14.1. The maximum Gasteiger partial charge on any atom is 0.315 e. The molecule has 1 rings (SSSR count). The lowest BCUT2D eigenvalue weighted by Crippen LogP contribution is -2.09. The van der Waals surface area contributed by atoms with E-state index in [1.54, 1.807) is 0 Å². The van der Waals surface area contributed by atoms with Gasteiger partial charge in [-0.1, -0.05) is 22.6 Å². The van der Waals surface area contributed by atoms with Crippen molar-refractivity contribution in [2.45, 2.75) is 11.4 Å². The molecule has 0 aliphatic rings. The summed E-state index contributed by atoms with van der Waals surface area (Å²) in [5.74, 6) is -1.41. The fraction of sp³-hybridized carbons (Fsp3) is 0.250. The van der Waals surface area contributed by atoms with Crippen molar-refractivity contribution in [1.82, 2.24) is 4.98 Å². The second kappa shape index (κ2) is 5.60. The minimum absolute atomic E-state index is 0.0928. The molecule has 0 spiro atoms. The Morgan fingerprint density at radius 1 is 1.53 bits per heavy atom. The lowest BCUT2D eigenvalue weighted by Gasteiger charge is -2.04. The molecule has 0 fully saturated rings. The number of halogens is 1. The van der Waals surface area contributed by atoms with Gasteiger partial charge in [-0.15, -0.1) is 0 Å². The van der Waals surface area contributed by atoms with Crippen LogP contribution in [0.15, 0.2) is 17.3 Å². The summed E-state index contributed by atoms with van der Waals surface area (Å²) in [4.78, 5) is 14.4. The summed E-state index contributed by atoms with van der Waals surface area (Å²) < 4.78 is 35.4. The van der Waals surface area contributed by atoms with Crippen molar-refractivity contribution in [3.63, 3.8) is 0 Å². The zero-order valence-electron chi connectivity index (χ0n) is 8.33. The molecule has 0 atom stereocenters. The number of ether oxygens (including phenoxy) is 1. The molecule has 1 aromatic rings. The summed E-state index contributed by atoms with van der Waals surface area (Å²) in [6, 6.07) is 0.890. The maximum absolute atomic E-state index is 11.1. The second-order valence-electron chi connectivity index (χ2n) is 2.88. The molecule has 0 bridgehead atoms. The monoisotopic (exact) mass is 373 g/mol. The Hall–Kier alpha value is -0.940. The second-order valence-corrected chi connectivity index (χ2v) is 5.30. The van der Waals surface area contributed by atoms with Crippen LogP contribution < -0.4 is 4.74 Å². The quantitative estimate of drug-likeness (QED) is 0.347. The normalized spacial score (nSPS) is 11.2. The Bertz CT molecular complexity index is 529. The van der Waals surface area contributed by atoms with Crippen LogP contribution in [0.25, 0.3) is 0 Å². The smallest absolute Gasteiger partial charge is 0.315 e. The van der Waals surface area contributed by atoms with Gasteiger partial charge in [0.25, 0.3) is 0 Å². The summed E-state index contributed by atoms with van der Waals surface area (Å²) in [5, 5.41) is 8.39. The van der Waals surface area contributed by atoms with Crippen molar-refractivity contribution in [2.24, 2.45) is 0 Å². The number of hydrogen-bond donors (Lipinski definition) is 2. The van der Waals surface area contributed by atoms with Gasteiger partial charge in [-0.25, -0.2) is 4.98 Å². The fourth-order valence-corrected chi connectivity index (χ4v) is 1.89. The predicted molar refractivity (Wildman–Crippen MR) is 64.9 cm³/mol. The van der Waals surface area contributed by atoms with Gasteiger partial charge in [-0.2, -0.15) is 8.42 Å². The van der Waals surface area contributed by atoms with Gasteiger partial charge in [0.05, 0.1) is 12.6 Å². The SMILES string of the molecule is O=C(CCI)Oc1cnc(S(=O)(=O)O)c(O)c1. The zero-order chi connectivity index (χ0) is 13.1. The van der Waals surface area contributed by atoms with Crippen molar-refractivity contribution in [3.05, 3.63) is 12.3 Å². The van der Waals surface area contributed by atoms with Crippen LogP contribution in [-0.4, -0.2) is 33.5 Å². The Kier molecular flexibility index (Phi) is 4.65. The van der Waals surface area contributed by atoms with Crippen molar-refractivity contribution < 1.29 is 27.6 Å². The van der Waals surface area contributed by atoms with Crippen molar-refractivity contribution in [3.8, 4) is 11.5 Å². The van der Waals surface area contributed by atoms with Crippen LogP contribution in [0.4, 0.5) is 0 Å². The highest BCUT2D eigenvalue weighted by Gasteiger charge is 2.18. The molecule has 2 N–H and O–H groups in total. The third-order valence-corrected chi connectivity index (χ3v) is 2.92. The van der Waals surface area contributed by atoms with Crippen LogP contribution in [0.1, 0.15) is 6.42 Å². The summed E-state index contributed by atoms with van der Waals surface area (Å²) in [6.07, 6.45) is 1.11. The van der Waals surface area contributed by atoms with Gasteiger partial charge < -0.3 is 9.84 Å². The van der Waals surface area contributed by atoms with E-state index in [1.807, 2.05) is 22.6 Å². The standard InChI is InChI=1S/C8H8INO6S/c9-2-1-7(12)16-5-3-6(11)8(10-4-5)17(13,14)15/h3-4,11H,1-2H2,(H,13,14,15). The number of rotatable bonds is 4. The number of pyridine rings is 1. The topological polar surface area (TPSA) is 114 Å². The lowest BCUT2D eigenvalue weighted by molar-refractivity contribution is -0.133. The summed E-state index contributed by atoms with van der Waals surface area (Å²) in [6.45, 7) is 0. The van der Waals surface area contributed by atoms with Crippen LogP contribution >= 0.6 is 22.6 Å². The lowest BCUT2D eigenvalue weighted by atomic mass is 10.4. The predicted octanol–water partition coefficient (Wildman–Crippen LogP) is 0.764. The zero-order valence-corrected chi connectivity index (χ0v) is 11.3. The van der Waals surface area contributed by atoms with E-state index in [-0.39, 0.29) is 12.2 Å². The first-order valence-electron chi connectivity index (χ1n) is 4.27. The Balaban J connectivity index is 2.94. The number of aromatic hydroxyl groups is 1. The molecule has 0 aliphatic carbocycles. The molecular formula is C8H8INO6S. The van der Waals surface area contributed by atoms with Crippen LogP contribution in [0, 0.1) is 0 Å². The fourth-order valence-electron chi connectivity index (χ4n) is 0.936. The highest BCUT2D eigenvalue weighted by molar-refractivity contribution is 14.1. The van der Waals surface area contributed by atoms with Gasteiger partial charge in [0.1, 0.15) is 0 Å². The number of carbonyl (C=O) groups is 1. The van der Waals surface area contributed by atoms with Crippen LogP contribution in [0.3, 0.4) is 0 Å². The third-order valence-electron chi connectivity index (χ3n) is 1.58. The van der Waals surface area contributed by atoms with E-state index in [2.05, 4.69) is 4.98 Å². The van der Waals surface area contributed by atoms with Gasteiger partial charge in [0, 0.05) is 10.5 Å². The van der Waals surface area contributed by atoms with Crippen molar-refractivity contribution >= 4 is 38.7 Å². The van der Waals surface area contributed by atoms with Gasteiger partial charge in [-0.3, -0.25) is 9.35 Å². The van der Waals surface area contributed by atoms with Gasteiger partial charge in [0.15, 0.2) is 11.5 Å². The molecule has 7 nitrogen and oxygen atoms in total. The Morgan fingerprint density at radius 2 is 2.18 bits per heavy atom. The molecule has 9 heteroatoms. The van der Waals surface area contributed by atoms with Crippen molar-refractivity contribution in [1.29, 1.82) is 0 Å². The highest BCUT2D eigenvalue weighted by Crippen LogP contribution is 2.24. The van der Waals surface area contributed by atoms with Crippen LogP contribution in [0.5, 0.6) is 11.5 Å². The number of aromatic nitrogens is 1. The van der Waals surface area contributed by atoms with Gasteiger partial charge in [0.2, 0.25) is 5.03 Å². The van der Waals surface area contributed by atoms with E-state index >= 15 is 0 Å². The number of nitrogens with zero attached hydrogens (tertiary/aromatic N) is 1. The molecule has 0 aliphatic heterocycles. The molecule has 0 unspecified atom stereocenters. The molecule has 0 radical (unpaired) electrons. The average Bonchev–Trinajstić information content (AvgIpc) is 2.15. The molecule has 1 heterocycles. The first-order chi connectivity index (χ1) is 7.84. The molecule has 0 amide bonds. The van der Waals surface area contributed by atoms with E-state index < -0.39 is 26.9 Å². The summed E-state index contributed by atoms with van der Waals surface area (Å²) in [5.41, 5.74) is 0. The third kappa shape index (κ3) is 4.09. The average molecular weight is 373 g/mol. The first-order valence-corrected chi connectivity index (χ1v) is 7.24. The van der Waals surface area contributed by atoms with E-state index in [4.69, 9.17) is 9.29 Å². The van der Waals surface area contributed by atoms with Gasteiger partial charge in [-0.05, 0) is 0 Å². The minimum Gasteiger partial charge on any atom is -0.505 e. The van der Waals surface area contributed by atoms with E-state index in [0.29, 0.717) is 4.43 Å². The molecule has 0 aromatic carbocycles. The van der Waals surface area contributed by atoms with E-state index in [9.17, 15) is 18.3 Å². The molecule has 0 saturated heterocycles. The molecule has 1 aromatic heterocycles. The van der Waals surface area contributed by atoms with E-state index in [0.717, 1.165) is 12.3 Å². The Morgan fingerprint density at radius 3 is 2.65 bits per heavy atom. The molecule has 94 valence electrons. The number of esters is 1. The number of carbonyl (C=O) groups excluding carboxylic acids is 1. The van der Waals surface area contributed by atoms with Gasteiger partial charge >= 0.3 is 16.1 Å². The Labute approximate surface area is 111 Å². The number of alkyl halides is 1. The molecule has 17 heavy (non-hydrogen) atoms. The molecular weight excluding hydrogens is 365 g/mol. The highest BCUT2D eigenvalue weighted by atomic mass is 127.